The first-order valence-electron chi connectivity index (χ1n) is 16.2. The number of anilines is 1. The summed E-state index contributed by atoms with van der Waals surface area (Å²) >= 11 is 0. The molecule has 1 amide bonds. The number of carbonyl (C=O) groups excluding carboxylic acids is 2. The van der Waals surface area contributed by atoms with Gasteiger partial charge in [0.25, 0.3) is 0 Å². The minimum absolute atomic E-state index is 0.0278. The molecule has 1 atom stereocenters. The van der Waals surface area contributed by atoms with Crippen molar-refractivity contribution in [2.75, 3.05) is 32.0 Å². The quantitative estimate of drug-likeness (QED) is 0.120. The Balaban J connectivity index is 0.000000247. The van der Waals surface area contributed by atoms with Gasteiger partial charge in [0.1, 0.15) is 0 Å². The summed E-state index contributed by atoms with van der Waals surface area (Å²) in [6.45, 7) is 3.41. The minimum atomic E-state index is 0.0278. The van der Waals surface area contributed by atoms with E-state index in [1.807, 2.05) is 89.6 Å². The van der Waals surface area contributed by atoms with Gasteiger partial charge in [-0.3, -0.25) is 9.59 Å². The highest BCUT2D eigenvalue weighted by molar-refractivity contribution is 5.91. The van der Waals surface area contributed by atoms with Gasteiger partial charge in [-0.2, -0.15) is 0 Å². The second kappa shape index (κ2) is 17.1. The van der Waals surface area contributed by atoms with Gasteiger partial charge in [-0.25, -0.2) is 0 Å². The molecule has 46 heavy (non-hydrogen) atoms. The summed E-state index contributed by atoms with van der Waals surface area (Å²) in [6.07, 6.45) is 7.28. The summed E-state index contributed by atoms with van der Waals surface area (Å²) in [5.74, 6) is 0.0278. The molecule has 2 heterocycles. The van der Waals surface area contributed by atoms with Crippen molar-refractivity contribution in [2.24, 2.45) is 0 Å². The Kier molecular flexibility index (Phi) is 12.1. The number of unbranched alkanes of at least 4 members (excludes halogenated alkanes) is 1. The van der Waals surface area contributed by atoms with Gasteiger partial charge in [0, 0.05) is 55.2 Å². The maximum atomic E-state index is 12.3. The van der Waals surface area contributed by atoms with Crippen molar-refractivity contribution in [3.05, 3.63) is 144 Å². The predicted octanol–water partition coefficient (Wildman–Crippen LogP) is 7.44. The first kappa shape index (κ1) is 32.6. The second-order valence-corrected chi connectivity index (χ2v) is 11.8. The van der Waals surface area contributed by atoms with E-state index < -0.39 is 0 Å². The lowest BCUT2D eigenvalue weighted by Gasteiger charge is -2.33. The Hall–Kier alpha value is -4.78. The molecule has 2 N–H and O–H groups in total. The van der Waals surface area contributed by atoms with E-state index in [1.165, 1.54) is 11.1 Å². The van der Waals surface area contributed by atoms with Gasteiger partial charge in [0.2, 0.25) is 5.91 Å². The van der Waals surface area contributed by atoms with E-state index in [0.717, 1.165) is 74.2 Å². The Morgan fingerprint density at radius 3 is 2.13 bits per heavy atom. The number of aldehydes is 1. The molecular weight excluding hydrogens is 568 g/mol. The highest BCUT2D eigenvalue weighted by Crippen LogP contribution is 2.28. The summed E-state index contributed by atoms with van der Waals surface area (Å²) in [5.41, 5.74) is 6.92. The van der Waals surface area contributed by atoms with Gasteiger partial charge < -0.3 is 20.1 Å². The van der Waals surface area contributed by atoms with Crippen LogP contribution in [-0.2, 0) is 17.6 Å². The molecule has 1 unspecified atom stereocenters. The zero-order valence-electron chi connectivity index (χ0n) is 26.6. The third-order valence-electron chi connectivity index (χ3n) is 8.44. The minimum Gasteiger partial charge on any atom is -0.326 e. The largest absolute Gasteiger partial charge is 0.326 e. The topological polar surface area (TPSA) is 66.4 Å². The Bertz CT molecular complexity index is 1630. The standard InChI is InChI=1S/C28H26N2O2.C12H18N2/c31-21-24-19-20-30(28(24)23-12-5-2-6-13-23)26-17-15-25(16-18-26)29-27(32)14-8-7-11-22-9-3-1-4-10-22;1-14-8-7-13-10-12(14)9-11-5-3-2-4-6-11/h1-6,9-10,12-13,15-21H,7-8,11,14H2,(H,29,32);2-6,12-13H,7-10H2,1H3. The average Bonchev–Trinajstić information content (AvgIpc) is 3.54. The molecule has 1 aliphatic heterocycles. The molecule has 1 aliphatic rings. The summed E-state index contributed by atoms with van der Waals surface area (Å²) < 4.78 is 1.99. The normalized spacial score (nSPS) is 14.6. The van der Waals surface area contributed by atoms with E-state index in [-0.39, 0.29) is 5.91 Å². The maximum absolute atomic E-state index is 12.3. The molecule has 4 aromatic carbocycles. The fourth-order valence-corrected chi connectivity index (χ4v) is 5.82. The smallest absolute Gasteiger partial charge is 0.224 e. The maximum Gasteiger partial charge on any atom is 0.224 e. The van der Waals surface area contributed by atoms with Crippen LogP contribution in [0, 0.1) is 0 Å². The number of aryl methyl sites for hydroxylation is 1. The lowest BCUT2D eigenvalue weighted by molar-refractivity contribution is -0.116. The van der Waals surface area contributed by atoms with Crippen molar-refractivity contribution in [3.8, 4) is 16.9 Å². The van der Waals surface area contributed by atoms with Crippen LogP contribution in [0.15, 0.2) is 128 Å². The van der Waals surface area contributed by atoms with Crippen LogP contribution in [0.2, 0.25) is 0 Å². The van der Waals surface area contributed by atoms with Gasteiger partial charge in [0.05, 0.1) is 5.69 Å². The Morgan fingerprint density at radius 1 is 0.826 bits per heavy atom. The number of nitrogens with one attached hydrogen (secondary N) is 2. The van der Waals surface area contributed by atoms with E-state index in [4.69, 9.17) is 0 Å². The van der Waals surface area contributed by atoms with Crippen LogP contribution in [0.25, 0.3) is 16.9 Å². The number of benzene rings is 4. The van der Waals surface area contributed by atoms with Crippen LogP contribution in [0.5, 0.6) is 0 Å². The van der Waals surface area contributed by atoms with E-state index in [2.05, 4.69) is 65.0 Å². The van der Waals surface area contributed by atoms with Gasteiger partial charge in [-0.1, -0.05) is 91.0 Å². The number of piperazine rings is 1. The Morgan fingerprint density at radius 2 is 1.48 bits per heavy atom. The van der Waals surface area contributed by atoms with Crippen molar-refractivity contribution in [2.45, 2.75) is 38.1 Å². The molecule has 6 rings (SSSR count). The number of nitrogens with zero attached hydrogens (tertiary/aromatic N) is 2. The van der Waals surface area contributed by atoms with Gasteiger partial charge in [0.15, 0.2) is 6.29 Å². The lowest BCUT2D eigenvalue weighted by Crippen LogP contribution is -2.50. The number of amides is 1. The van der Waals surface area contributed by atoms with Crippen LogP contribution in [0.4, 0.5) is 5.69 Å². The fourth-order valence-electron chi connectivity index (χ4n) is 5.82. The molecule has 0 spiro atoms. The Labute approximate surface area is 273 Å². The zero-order chi connectivity index (χ0) is 32.0. The summed E-state index contributed by atoms with van der Waals surface area (Å²) in [5, 5.41) is 6.42. The predicted molar refractivity (Wildman–Crippen MR) is 189 cm³/mol. The van der Waals surface area contributed by atoms with Crippen molar-refractivity contribution in [1.82, 2.24) is 14.8 Å². The van der Waals surface area contributed by atoms with Crippen LogP contribution < -0.4 is 10.6 Å². The molecule has 0 radical (unpaired) electrons. The fraction of sp³-hybridized carbons (Fsp3) is 0.250. The summed E-state index contributed by atoms with van der Waals surface area (Å²) in [6, 6.07) is 41.1. The number of hydrogen-bond donors (Lipinski definition) is 2. The lowest BCUT2D eigenvalue weighted by atomic mass is 10.0. The van der Waals surface area contributed by atoms with Gasteiger partial charge in [-0.05, 0) is 79.8 Å². The number of hydrogen-bond acceptors (Lipinski definition) is 4. The molecule has 1 aromatic heterocycles. The van der Waals surface area contributed by atoms with Gasteiger partial charge >= 0.3 is 0 Å². The molecule has 5 aromatic rings. The van der Waals surface area contributed by atoms with E-state index in [9.17, 15) is 9.59 Å². The molecule has 236 valence electrons. The number of rotatable bonds is 11. The van der Waals surface area contributed by atoms with Gasteiger partial charge in [-0.15, -0.1) is 0 Å². The molecule has 0 aliphatic carbocycles. The second-order valence-electron chi connectivity index (χ2n) is 11.8. The first-order chi connectivity index (χ1) is 22.6. The van der Waals surface area contributed by atoms with Crippen LogP contribution >= 0.6 is 0 Å². The third-order valence-corrected chi connectivity index (χ3v) is 8.44. The van der Waals surface area contributed by atoms with Crippen molar-refractivity contribution < 1.29 is 9.59 Å². The van der Waals surface area contributed by atoms with E-state index in [1.54, 1.807) is 0 Å². The van der Waals surface area contributed by atoms with Crippen molar-refractivity contribution >= 4 is 17.9 Å². The number of likely N-dealkylation sites (N-methyl/N-ethyl adjacent to an activating group) is 1. The molecule has 6 heteroatoms. The summed E-state index contributed by atoms with van der Waals surface area (Å²) in [4.78, 5) is 26.3. The van der Waals surface area contributed by atoms with Crippen molar-refractivity contribution in [1.29, 1.82) is 0 Å². The first-order valence-corrected chi connectivity index (χ1v) is 16.2. The van der Waals surface area contributed by atoms with Crippen molar-refractivity contribution in [3.63, 3.8) is 0 Å². The van der Waals surface area contributed by atoms with E-state index in [0.29, 0.717) is 18.0 Å². The molecule has 0 saturated carbocycles. The van der Waals surface area contributed by atoms with Crippen LogP contribution in [0.1, 0.15) is 40.7 Å². The molecule has 1 fully saturated rings. The monoisotopic (exact) mass is 612 g/mol. The third kappa shape index (κ3) is 9.36. The molecule has 1 saturated heterocycles. The van der Waals surface area contributed by atoms with E-state index >= 15 is 0 Å². The van der Waals surface area contributed by atoms with Crippen LogP contribution in [0.3, 0.4) is 0 Å². The number of carbonyl (C=O) groups is 2. The summed E-state index contributed by atoms with van der Waals surface area (Å²) in [7, 11) is 2.22. The van der Waals surface area contributed by atoms with Crippen LogP contribution in [-0.4, -0.2) is 54.4 Å². The molecular formula is C40H44N4O2. The number of aromatic nitrogens is 1. The zero-order valence-corrected chi connectivity index (χ0v) is 26.6. The highest BCUT2D eigenvalue weighted by Gasteiger charge is 2.18. The SMILES string of the molecule is CN1CCNCC1Cc1ccccc1.O=Cc1ccn(-c2ccc(NC(=O)CCCCc3ccccc3)cc2)c1-c1ccccc1. The average molecular weight is 613 g/mol. The molecule has 0 bridgehead atoms. The molecule has 6 nitrogen and oxygen atoms in total. The highest BCUT2D eigenvalue weighted by atomic mass is 16.1.